The maximum atomic E-state index is 12.3. The van der Waals surface area contributed by atoms with Crippen molar-refractivity contribution in [3.05, 3.63) is 23.3 Å². The Morgan fingerprint density at radius 2 is 2.05 bits per heavy atom. The third-order valence-corrected chi connectivity index (χ3v) is 6.73. The van der Waals surface area contributed by atoms with Gasteiger partial charge in [0.05, 0.1) is 7.11 Å². The smallest absolute Gasteiger partial charge is 0.160 e. The van der Waals surface area contributed by atoms with Gasteiger partial charge in [-0.3, -0.25) is 4.79 Å². The number of rotatable bonds is 1. The monoisotopic (exact) mass is 300 g/mol. The van der Waals surface area contributed by atoms with Gasteiger partial charge in [-0.1, -0.05) is 6.92 Å². The van der Waals surface area contributed by atoms with Crippen LogP contribution in [-0.2, 0) is 11.2 Å². The zero-order chi connectivity index (χ0) is 15.5. The molecule has 0 radical (unpaired) electrons. The lowest BCUT2D eigenvalue weighted by atomic mass is 9.55. The van der Waals surface area contributed by atoms with E-state index in [1.807, 2.05) is 12.1 Å². The predicted molar refractivity (Wildman–Crippen MR) is 84.3 cm³/mol. The van der Waals surface area contributed by atoms with E-state index in [9.17, 15) is 9.90 Å². The number of ketones is 1. The number of ether oxygens (including phenoxy) is 1. The first-order valence-electron chi connectivity index (χ1n) is 8.47. The summed E-state index contributed by atoms with van der Waals surface area (Å²) in [6.07, 6.45) is 6.11. The summed E-state index contributed by atoms with van der Waals surface area (Å²) >= 11 is 0. The highest BCUT2D eigenvalue weighted by Crippen LogP contribution is 2.60. The maximum absolute atomic E-state index is 12.3. The van der Waals surface area contributed by atoms with Gasteiger partial charge in [0.1, 0.15) is 5.78 Å². The first-order valence-corrected chi connectivity index (χ1v) is 8.47. The Morgan fingerprint density at radius 1 is 1.23 bits per heavy atom. The third-order valence-electron chi connectivity index (χ3n) is 6.73. The van der Waals surface area contributed by atoms with E-state index in [1.54, 1.807) is 7.11 Å². The van der Waals surface area contributed by atoms with Crippen LogP contribution >= 0.6 is 0 Å². The number of benzene rings is 1. The minimum atomic E-state index is -0.0762. The molecule has 3 heteroatoms. The van der Waals surface area contributed by atoms with Gasteiger partial charge in [0.15, 0.2) is 11.5 Å². The quantitative estimate of drug-likeness (QED) is 0.857. The minimum Gasteiger partial charge on any atom is -0.504 e. The van der Waals surface area contributed by atoms with Gasteiger partial charge >= 0.3 is 0 Å². The zero-order valence-corrected chi connectivity index (χ0v) is 13.4. The fourth-order valence-corrected chi connectivity index (χ4v) is 5.52. The standard InChI is InChI=1S/C19H24O3/c1-19-8-7-12-13(15(19)5-6-18(19)21)4-3-11-9-17(22-2)16(20)10-14(11)12/h9-10,12-13,15,20H,3-8H2,1-2H3/t12-,13+,15-,19-/m0/s1. The lowest BCUT2D eigenvalue weighted by molar-refractivity contribution is -0.129. The van der Waals surface area contributed by atoms with E-state index in [1.165, 1.54) is 17.5 Å². The summed E-state index contributed by atoms with van der Waals surface area (Å²) in [5, 5.41) is 10.2. The Bertz CT molecular complexity index is 636. The number of phenols is 1. The van der Waals surface area contributed by atoms with Gasteiger partial charge in [-0.15, -0.1) is 0 Å². The number of aromatic hydroxyl groups is 1. The minimum absolute atomic E-state index is 0.0762. The van der Waals surface area contributed by atoms with Crippen LogP contribution < -0.4 is 4.74 Å². The fraction of sp³-hybridized carbons (Fsp3) is 0.632. The SMILES string of the molecule is COc1cc2c(cc1O)[C@H]1CC[C@]3(C)C(=O)CC[C@H]3[C@@H]1CC2. The number of Topliss-reactive ketones (excluding diaryl/α,β-unsaturated/α-hetero) is 1. The molecule has 0 amide bonds. The van der Waals surface area contributed by atoms with Crippen LogP contribution in [0.15, 0.2) is 12.1 Å². The normalized spacial score (nSPS) is 36.5. The van der Waals surface area contributed by atoms with Crippen LogP contribution in [0, 0.1) is 17.3 Å². The lowest BCUT2D eigenvalue weighted by Gasteiger charge is -2.48. The third kappa shape index (κ3) is 1.77. The summed E-state index contributed by atoms with van der Waals surface area (Å²) in [7, 11) is 1.60. The molecule has 1 aromatic rings. The number of hydrogen-bond acceptors (Lipinski definition) is 3. The van der Waals surface area contributed by atoms with Crippen molar-refractivity contribution in [3.63, 3.8) is 0 Å². The van der Waals surface area contributed by atoms with E-state index >= 15 is 0 Å². The molecule has 3 aliphatic rings. The highest BCUT2D eigenvalue weighted by atomic mass is 16.5. The van der Waals surface area contributed by atoms with Crippen molar-refractivity contribution in [1.82, 2.24) is 0 Å². The van der Waals surface area contributed by atoms with Crippen molar-refractivity contribution in [2.24, 2.45) is 17.3 Å². The van der Waals surface area contributed by atoms with E-state index in [0.29, 0.717) is 29.3 Å². The van der Waals surface area contributed by atoms with Gasteiger partial charge in [0.25, 0.3) is 0 Å². The van der Waals surface area contributed by atoms with Crippen molar-refractivity contribution in [3.8, 4) is 11.5 Å². The Hall–Kier alpha value is -1.51. The maximum Gasteiger partial charge on any atom is 0.160 e. The van der Waals surface area contributed by atoms with Gasteiger partial charge in [0, 0.05) is 11.8 Å². The molecule has 0 bridgehead atoms. The van der Waals surface area contributed by atoms with Crippen molar-refractivity contribution < 1.29 is 14.6 Å². The number of hydrogen-bond donors (Lipinski definition) is 1. The molecule has 0 unspecified atom stereocenters. The van der Waals surface area contributed by atoms with E-state index in [-0.39, 0.29) is 11.2 Å². The van der Waals surface area contributed by atoms with Crippen LogP contribution in [0.5, 0.6) is 11.5 Å². The number of methoxy groups -OCH3 is 1. The molecule has 3 nitrogen and oxygen atoms in total. The van der Waals surface area contributed by atoms with Crippen molar-refractivity contribution in [2.75, 3.05) is 7.11 Å². The Morgan fingerprint density at radius 3 is 2.82 bits per heavy atom. The van der Waals surface area contributed by atoms with Crippen molar-refractivity contribution in [2.45, 2.75) is 51.4 Å². The largest absolute Gasteiger partial charge is 0.504 e. The predicted octanol–water partition coefficient (Wildman–Crippen LogP) is 3.83. The highest BCUT2D eigenvalue weighted by Gasteiger charge is 2.54. The first-order chi connectivity index (χ1) is 10.5. The molecule has 0 spiro atoms. The van der Waals surface area contributed by atoms with Crippen LogP contribution in [-0.4, -0.2) is 18.0 Å². The van der Waals surface area contributed by atoms with E-state index in [0.717, 1.165) is 32.1 Å². The molecular weight excluding hydrogens is 276 g/mol. The Kier molecular flexibility index (Phi) is 3.04. The number of fused-ring (bicyclic) bond motifs is 5. The van der Waals surface area contributed by atoms with Gasteiger partial charge in [-0.05, 0) is 73.1 Å². The van der Waals surface area contributed by atoms with Crippen LogP contribution in [0.1, 0.15) is 56.1 Å². The number of carbonyl (C=O) groups is 1. The molecule has 118 valence electrons. The first kappa shape index (κ1) is 14.1. The van der Waals surface area contributed by atoms with E-state index < -0.39 is 0 Å². The van der Waals surface area contributed by atoms with E-state index in [4.69, 9.17) is 4.74 Å². The number of aryl methyl sites for hydroxylation is 1. The Balaban J connectivity index is 1.73. The summed E-state index contributed by atoms with van der Waals surface area (Å²) in [6.45, 7) is 2.20. The van der Waals surface area contributed by atoms with Crippen LogP contribution in [0.4, 0.5) is 0 Å². The summed E-state index contributed by atoms with van der Waals surface area (Å²) in [5.74, 6) is 2.96. The molecule has 1 aromatic carbocycles. The average Bonchev–Trinajstić information content (AvgIpc) is 2.82. The molecule has 0 aliphatic heterocycles. The zero-order valence-electron chi connectivity index (χ0n) is 13.4. The second-order valence-electron chi connectivity index (χ2n) is 7.56. The van der Waals surface area contributed by atoms with E-state index in [2.05, 4.69) is 6.92 Å². The molecule has 0 saturated heterocycles. The molecule has 3 aliphatic carbocycles. The van der Waals surface area contributed by atoms with Crippen molar-refractivity contribution >= 4 is 5.78 Å². The summed E-state index contributed by atoms with van der Waals surface area (Å²) < 4.78 is 5.25. The van der Waals surface area contributed by atoms with Crippen LogP contribution in [0.3, 0.4) is 0 Å². The van der Waals surface area contributed by atoms with Crippen LogP contribution in [0.2, 0.25) is 0 Å². The number of phenolic OH excluding ortho intramolecular Hbond substituents is 1. The summed E-state index contributed by atoms with van der Waals surface area (Å²) in [5.41, 5.74) is 2.55. The van der Waals surface area contributed by atoms with Gasteiger partial charge in [-0.2, -0.15) is 0 Å². The molecule has 4 atom stereocenters. The van der Waals surface area contributed by atoms with Crippen LogP contribution in [0.25, 0.3) is 0 Å². The van der Waals surface area contributed by atoms with Gasteiger partial charge < -0.3 is 9.84 Å². The molecule has 2 saturated carbocycles. The van der Waals surface area contributed by atoms with Gasteiger partial charge in [-0.25, -0.2) is 0 Å². The molecule has 0 aromatic heterocycles. The molecular formula is C19H24O3. The second kappa shape index (κ2) is 4.74. The molecule has 22 heavy (non-hydrogen) atoms. The number of carbonyl (C=O) groups excluding carboxylic acids is 1. The molecule has 1 N–H and O–H groups in total. The topological polar surface area (TPSA) is 46.5 Å². The fourth-order valence-electron chi connectivity index (χ4n) is 5.52. The molecule has 2 fully saturated rings. The molecule has 4 rings (SSSR count). The molecule has 0 heterocycles. The Labute approximate surface area is 131 Å². The highest BCUT2D eigenvalue weighted by molar-refractivity contribution is 5.87. The summed E-state index contributed by atoms with van der Waals surface area (Å²) in [6, 6.07) is 3.93. The second-order valence-corrected chi connectivity index (χ2v) is 7.56. The lowest BCUT2D eigenvalue weighted by Crippen LogP contribution is -2.42. The van der Waals surface area contributed by atoms with Gasteiger partial charge in [0.2, 0.25) is 0 Å². The van der Waals surface area contributed by atoms with Crippen molar-refractivity contribution in [1.29, 1.82) is 0 Å². The average molecular weight is 300 g/mol. The summed E-state index contributed by atoms with van der Waals surface area (Å²) in [4.78, 5) is 12.3.